The molecule has 0 aliphatic rings. The van der Waals surface area contributed by atoms with E-state index in [0.29, 0.717) is 13.2 Å². The van der Waals surface area contributed by atoms with Crippen LogP contribution >= 0.6 is 0 Å². The van der Waals surface area contributed by atoms with Gasteiger partial charge in [-0.15, -0.1) is 13.2 Å². The summed E-state index contributed by atoms with van der Waals surface area (Å²) in [4.78, 5) is 0. The summed E-state index contributed by atoms with van der Waals surface area (Å²) >= 11 is 0. The quantitative estimate of drug-likeness (QED) is 0.735. The Kier molecular flexibility index (Phi) is 6.33. The third-order valence-corrected chi connectivity index (χ3v) is 3.13. The molecule has 0 aromatic heterocycles. The first-order chi connectivity index (χ1) is 9.73. The van der Waals surface area contributed by atoms with Gasteiger partial charge >= 0.3 is 6.36 Å². The molecule has 3 nitrogen and oxygen atoms in total. The molecule has 0 saturated carbocycles. The fraction of sp³-hybridized carbons (Fsp3) is 0.600. The smallest absolute Gasteiger partial charge is 0.490 e. The Morgan fingerprint density at radius 2 is 1.67 bits per heavy atom. The number of benzene rings is 1. The number of hydrogen-bond acceptors (Lipinski definition) is 3. The monoisotopic (exact) mass is 305 g/mol. The molecule has 0 unspecified atom stereocenters. The Labute approximate surface area is 123 Å². The van der Waals surface area contributed by atoms with E-state index in [2.05, 4.69) is 18.6 Å². The highest BCUT2D eigenvalue weighted by molar-refractivity contribution is 5.39. The van der Waals surface area contributed by atoms with E-state index in [9.17, 15) is 13.2 Å². The van der Waals surface area contributed by atoms with Gasteiger partial charge in [0.2, 0.25) is 0 Å². The second-order valence-electron chi connectivity index (χ2n) is 5.67. The summed E-state index contributed by atoms with van der Waals surface area (Å²) in [5.41, 5.74) is 5.72. The zero-order chi connectivity index (χ0) is 15.9. The molecule has 0 aliphatic carbocycles. The minimum absolute atomic E-state index is 0.0807. The third-order valence-electron chi connectivity index (χ3n) is 3.13. The number of alkyl halides is 3. The minimum atomic E-state index is -4.72. The molecule has 6 heteroatoms. The molecule has 1 aromatic rings. The Morgan fingerprint density at radius 1 is 1.05 bits per heavy atom. The number of nitrogens with two attached hydrogens (primary N) is 1. The van der Waals surface area contributed by atoms with Gasteiger partial charge in [0.15, 0.2) is 11.5 Å². The van der Waals surface area contributed by atoms with Crippen LogP contribution in [0.4, 0.5) is 13.2 Å². The Hall–Kier alpha value is -1.43. The van der Waals surface area contributed by atoms with Crippen LogP contribution in [0.5, 0.6) is 11.5 Å². The van der Waals surface area contributed by atoms with Crippen molar-refractivity contribution >= 4 is 0 Å². The van der Waals surface area contributed by atoms with Crippen molar-refractivity contribution < 1.29 is 22.6 Å². The number of ether oxygens (including phenoxy) is 2. The molecule has 120 valence electrons. The SMILES string of the molecule is CC(C)(CN)CCCCOc1ccccc1OC(F)(F)F. The lowest BCUT2D eigenvalue weighted by Crippen LogP contribution is -2.23. The number of hydrogen-bond donors (Lipinski definition) is 1. The molecular weight excluding hydrogens is 283 g/mol. The van der Waals surface area contributed by atoms with E-state index in [0.717, 1.165) is 19.3 Å². The van der Waals surface area contributed by atoms with Crippen molar-refractivity contribution in [2.24, 2.45) is 11.1 Å². The van der Waals surface area contributed by atoms with Crippen LogP contribution in [0.3, 0.4) is 0 Å². The predicted octanol–water partition coefficient (Wildman–Crippen LogP) is 4.12. The van der Waals surface area contributed by atoms with E-state index < -0.39 is 6.36 Å². The second-order valence-corrected chi connectivity index (χ2v) is 5.67. The first-order valence-electron chi connectivity index (χ1n) is 6.91. The van der Waals surface area contributed by atoms with Crippen LogP contribution in [0, 0.1) is 5.41 Å². The molecular formula is C15H22F3NO2. The highest BCUT2D eigenvalue weighted by atomic mass is 19.4. The van der Waals surface area contributed by atoms with Gasteiger partial charge in [0.1, 0.15) is 0 Å². The molecule has 0 fully saturated rings. The van der Waals surface area contributed by atoms with Crippen molar-refractivity contribution in [1.29, 1.82) is 0 Å². The van der Waals surface area contributed by atoms with Crippen LogP contribution in [-0.4, -0.2) is 19.5 Å². The van der Waals surface area contributed by atoms with Gasteiger partial charge in [-0.3, -0.25) is 0 Å². The fourth-order valence-corrected chi connectivity index (χ4v) is 1.77. The van der Waals surface area contributed by atoms with Gasteiger partial charge in [0.25, 0.3) is 0 Å². The van der Waals surface area contributed by atoms with Gasteiger partial charge in [0.05, 0.1) is 6.61 Å². The van der Waals surface area contributed by atoms with Crippen molar-refractivity contribution in [2.75, 3.05) is 13.2 Å². The maximum atomic E-state index is 12.2. The molecule has 0 heterocycles. The number of rotatable bonds is 8. The van der Waals surface area contributed by atoms with E-state index in [4.69, 9.17) is 10.5 Å². The molecule has 0 aliphatic heterocycles. The van der Waals surface area contributed by atoms with Gasteiger partial charge in [-0.05, 0) is 43.4 Å². The number of unbranched alkanes of at least 4 members (excludes halogenated alkanes) is 1. The van der Waals surface area contributed by atoms with E-state index in [1.54, 1.807) is 6.07 Å². The summed E-state index contributed by atoms with van der Waals surface area (Å²) < 4.78 is 46.0. The molecule has 1 rings (SSSR count). The molecule has 0 saturated heterocycles. The third kappa shape index (κ3) is 7.22. The van der Waals surface area contributed by atoms with E-state index in [1.165, 1.54) is 18.2 Å². The Balaban J connectivity index is 2.42. The summed E-state index contributed by atoms with van der Waals surface area (Å²) in [6, 6.07) is 5.78. The summed E-state index contributed by atoms with van der Waals surface area (Å²) in [5.74, 6) is -0.208. The standard InChI is InChI=1S/C15H22F3NO2/c1-14(2,11-19)9-5-6-10-20-12-7-3-4-8-13(12)21-15(16,17)18/h3-4,7-8H,5-6,9-11,19H2,1-2H3. The molecule has 1 aromatic carbocycles. The average molecular weight is 305 g/mol. The first kappa shape index (κ1) is 17.6. The average Bonchev–Trinajstić information content (AvgIpc) is 2.38. The molecule has 0 bridgehead atoms. The van der Waals surface area contributed by atoms with E-state index in [1.807, 2.05) is 0 Å². The molecule has 0 atom stereocenters. The van der Waals surface area contributed by atoms with Crippen LogP contribution in [0.15, 0.2) is 24.3 Å². The largest absolute Gasteiger partial charge is 0.573 e. The normalized spacial score (nSPS) is 12.3. The molecule has 21 heavy (non-hydrogen) atoms. The van der Waals surface area contributed by atoms with Crippen LogP contribution in [0.2, 0.25) is 0 Å². The van der Waals surface area contributed by atoms with E-state index >= 15 is 0 Å². The summed E-state index contributed by atoms with van der Waals surface area (Å²) in [5, 5.41) is 0. The van der Waals surface area contributed by atoms with Crippen molar-refractivity contribution in [2.45, 2.75) is 39.5 Å². The molecule has 0 spiro atoms. The lowest BCUT2D eigenvalue weighted by Gasteiger charge is -2.22. The zero-order valence-corrected chi connectivity index (χ0v) is 12.4. The lowest BCUT2D eigenvalue weighted by molar-refractivity contribution is -0.275. The van der Waals surface area contributed by atoms with E-state index in [-0.39, 0.29) is 16.9 Å². The number of halogens is 3. The topological polar surface area (TPSA) is 44.5 Å². The van der Waals surface area contributed by atoms with Crippen LogP contribution in [-0.2, 0) is 0 Å². The van der Waals surface area contributed by atoms with Gasteiger partial charge in [-0.25, -0.2) is 0 Å². The summed E-state index contributed by atoms with van der Waals surface area (Å²) in [7, 11) is 0. The van der Waals surface area contributed by atoms with Gasteiger partial charge in [-0.1, -0.05) is 26.0 Å². The highest BCUT2D eigenvalue weighted by Crippen LogP contribution is 2.32. The second kappa shape index (κ2) is 7.54. The maximum Gasteiger partial charge on any atom is 0.573 e. The van der Waals surface area contributed by atoms with Gasteiger partial charge in [-0.2, -0.15) is 0 Å². The van der Waals surface area contributed by atoms with Gasteiger partial charge in [0, 0.05) is 0 Å². The predicted molar refractivity (Wildman–Crippen MR) is 75.3 cm³/mol. The van der Waals surface area contributed by atoms with Gasteiger partial charge < -0.3 is 15.2 Å². The minimum Gasteiger partial charge on any atom is -0.490 e. The molecule has 0 radical (unpaired) electrons. The highest BCUT2D eigenvalue weighted by Gasteiger charge is 2.32. The Bertz CT molecular complexity index is 433. The lowest BCUT2D eigenvalue weighted by atomic mass is 9.87. The summed E-state index contributed by atoms with van der Waals surface area (Å²) in [6.45, 7) is 5.12. The maximum absolute atomic E-state index is 12.2. The fourth-order valence-electron chi connectivity index (χ4n) is 1.77. The molecule has 2 N–H and O–H groups in total. The van der Waals surface area contributed by atoms with Crippen molar-refractivity contribution in [3.05, 3.63) is 24.3 Å². The zero-order valence-electron chi connectivity index (χ0n) is 12.4. The van der Waals surface area contributed by atoms with Crippen LogP contribution in [0.25, 0.3) is 0 Å². The van der Waals surface area contributed by atoms with Crippen molar-refractivity contribution in [3.63, 3.8) is 0 Å². The van der Waals surface area contributed by atoms with Crippen molar-refractivity contribution in [3.8, 4) is 11.5 Å². The number of para-hydroxylation sites is 2. The van der Waals surface area contributed by atoms with Crippen LogP contribution < -0.4 is 15.2 Å². The first-order valence-corrected chi connectivity index (χ1v) is 6.91. The Morgan fingerprint density at radius 3 is 2.24 bits per heavy atom. The molecule has 0 amide bonds. The summed E-state index contributed by atoms with van der Waals surface area (Å²) in [6.07, 6.45) is -2.10. The van der Waals surface area contributed by atoms with Crippen LogP contribution in [0.1, 0.15) is 33.1 Å². The van der Waals surface area contributed by atoms with Crippen molar-refractivity contribution in [1.82, 2.24) is 0 Å².